The highest BCUT2D eigenvalue weighted by Crippen LogP contribution is 2.41. The van der Waals surface area contributed by atoms with E-state index in [4.69, 9.17) is 6.11 Å². The third-order valence-corrected chi connectivity index (χ3v) is 8.07. The predicted molar refractivity (Wildman–Crippen MR) is 154 cm³/mol. The van der Waals surface area contributed by atoms with Crippen molar-refractivity contribution in [1.82, 2.24) is 14.5 Å². The molecule has 6 rings (SSSR count). The van der Waals surface area contributed by atoms with Gasteiger partial charge in [-0.2, -0.15) is 0 Å². The standard InChI is InChI=1S/C31H33N5O4/c1-21-7-6-10-25-27(21)35(30(38)40-19-22-8-4-3-5-9-22)16-15-34(25)26-17-23-18-32-20-33-28(23)36(29(26)37)24-11-13-31(2,39)14-12-24/h3-10,17-18,20,24,39H,11-16,19H2,1-2H3/i20D. The van der Waals surface area contributed by atoms with Crippen LogP contribution in [0.25, 0.3) is 11.0 Å². The van der Waals surface area contributed by atoms with Crippen molar-refractivity contribution in [1.29, 1.82) is 0 Å². The Labute approximate surface area is 234 Å². The van der Waals surface area contributed by atoms with Gasteiger partial charge in [0.15, 0.2) is 0 Å². The largest absolute Gasteiger partial charge is 0.444 e. The SMILES string of the molecule is [2H]c1ncc2cc(N3CCN(C(=O)OCc4ccccc4)c4c(C)cccc43)c(=O)n(C3CCC(C)(O)CC3)c2n1. The fraction of sp³-hybridized carbons (Fsp3) is 0.355. The number of anilines is 3. The van der Waals surface area contributed by atoms with Crippen molar-refractivity contribution >= 4 is 34.2 Å². The maximum Gasteiger partial charge on any atom is 0.414 e. The third kappa shape index (κ3) is 4.81. The number of para-hydroxylation sites is 1. The van der Waals surface area contributed by atoms with Gasteiger partial charge in [0.05, 0.1) is 17.0 Å². The van der Waals surface area contributed by atoms with E-state index in [1.807, 2.05) is 67.3 Å². The zero-order chi connectivity index (χ0) is 28.7. The number of amides is 1. The van der Waals surface area contributed by atoms with Crippen LogP contribution in [-0.2, 0) is 11.3 Å². The molecule has 3 heterocycles. The molecule has 1 amide bonds. The van der Waals surface area contributed by atoms with E-state index < -0.39 is 11.7 Å². The van der Waals surface area contributed by atoms with Crippen molar-refractivity contribution in [2.24, 2.45) is 0 Å². The first-order valence-electron chi connectivity index (χ1n) is 14.2. The lowest BCUT2D eigenvalue weighted by atomic mass is 9.83. The summed E-state index contributed by atoms with van der Waals surface area (Å²) in [5.41, 5.74) is 3.15. The first-order valence-corrected chi connectivity index (χ1v) is 13.7. The molecular weight excluding hydrogens is 506 g/mol. The van der Waals surface area contributed by atoms with Gasteiger partial charge in [0.1, 0.15) is 25.6 Å². The molecule has 0 radical (unpaired) electrons. The molecule has 9 nitrogen and oxygen atoms in total. The molecule has 40 heavy (non-hydrogen) atoms. The fourth-order valence-electron chi connectivity index (χ4n) is 5.91. The molecule has 4 aromatic rings. The second-order valence-corrected chi connectivity index (χ2v) is 11.0. The van der Waals surface area contributed by atoms with Crippen LogP contribution in [0.15, 0.2) is 71.9 Å². The minimum absolute atomic E-state index is 0.148. The number of benzene rings is 2. The van der Waals surface area contributed by atoms with E-state index in [2.05, 4.69) is 9.97 Å². The van der Waals surface area contributed by atoms with Crippen LogP contribution in [-0.4, -0.2) is 44.4 Å². The Bertz CT molecular complexity index is 1660. The van der Waals surface area contributed by atoms with Crippen molar-refractivity contribution in [2.45, 2.75) is 57.8 Å². The quantitative estimate of drug-likeness (QED) is 0.377. The first-order chi connectivity index (χ1) is 19.7. The van der Waals surface area contributed by atoms with Gasteiger partial charge in [-0.3, -0.25) is 14.3 Å². The van der Waals surface area contributed by atoms with Crippen LogP contribution in [0, 0.1) is 6.92 Å². The van der Waals surface area contributed by atoms with Crippen LogP contribution >= 0.6 is 0 Å². The molecule has 1 aliphatic carbocycles. The molecule has 0 atom stereocenters. The molecule has 0 unspecified atom stereocenters. The van der Waals surface area contributed by atoms with Crippen molar-refractivity contribution < 1.29 is 16.0 Å². The Hall–Kier alpha value is -4.24. The molecule has 2 aromatic heterocycles. The molecule has 206 valence electrons. The minimum atomic E-state index is -0.759. The van der Waals surface area contributed by atoms with E-state index in [0.717, 1.165) is 16.8 Å². The van der Waals surface area contributed by atoms with E-state index in [1.165, 1.54) is 0 Å². The van der Waals surface area contributed by atoms with Crippen molar-refractivity contribution in [2.75, 3.05) is 22.9 Å². The number of aryl methyl sites for hydroxylation is 1. The lowest BCUT2D eigenvalue weighted by Crippen LogP contribution is -2.45. The number of fused-ring (bicyclic) bond motifs is 2. The number of carbonyl (C=O) groups excluding carboxylic acids is 1. The van der Waals surface area contributed by atoms with Crippen molar-refractivity contribution in [3.63, 3.8) is 0 Å². The van der Waals surface area contributed by atoms with E-state index >= 15 is 0 Å². The van der Waals surface area contributed by atoms with Crippen LogP contribution in [0.4, 0.5) is 21.9 Å². The number of hydrogen-bond acceptors (Lipinski definition) is 7. The van der Waals surface area contributed by atoms with Crippen LogP contribution < -0.4 is 15.4 Å². The molecule has 1 saturated carbocycles. The Kier molecular flexibility index (Phi) is 6.43. The maximum atomic E-state index is 14.3. The molecule has 1 N–H and O–H groups in total. The zero-order valence-electron chi connectivity index (χ0n) is 23.7. The Morgan fingerprint density at radius 1 is 1.12 bits per heavy atom. The van der Waals surface area contributed by atoms with Gasteiger partial charge >= 0.3 is 6.09 Å². The third-order valence-electron chi connectivity index (χ3n) is 8.07. The maximum absolute atomic E-state index is 14.3. The molecule has 0 bridgehead atoms. The molecule has 0 spiro atoms. The van der Waals surface area contributed by atoms with Crippen molar-refractivity contribution in [3.05, 3.63) is 88.6 Å². The second-order valence-electron chi connectivity index (χ2n) is 11.0. The van der Waals surface area contributed by atoms with Gasteiger partial charge in [-0.05, 0) is 62.8 Å². The van der Waals surface area contributed by atoms with E-state index in [1.54, 1.807) is 21.7 Å². The highest BCUT2D eigenvalue weighted by molar-refractivity contribution is 5.97. The molecule has 2 aromatic carbocycles. The summed E-state index contributed by atoms with van der Waals surface area (Å²) in [5, 5.41) is 11.2. The molecular formula is C31H33N5O4. The summed E-state index contributed by atoms with van der Waals surface area (Å²) in [6.07, 6.45) is 3.38. The van der Waals surface area contributed by atoms with Gasteiger partial charge in [-0.1, -0.05) is 42.5 Å². The summed E-state index contributed by atoms with van der Waals surface area (Å²) in [5.74, 6) is 0. The van der Waals surface area contributed by atoms with E-state index in [0.29, 0.717) is 61.2 Å². The molecule has 9 heteroatoms. The number of hydrogen-bond donors (Lipinski definition) is 1. The Morgan fingerprint density at radius 2 is 1.90 bits per heavy atom. The molecule has 1 fully saturated rings. The van der Waals surface area contributed by atoms with Crippen LogP contribution in [0.2, 0.25) is 0 Å². The van der Waals surface area contributed by atoms with Gasteiger partial charge in [-0.15, -0.1) is 0 Å². The topological polar surface area (TPSA) is 101 Å². The number of carbonyl (C=O) groups is 1. The van der Waals surface area contributed by atoms with Crippen LogP contribution in [0.5, 0.6) is 0 Å². The summed E-state index contributed by atoms with van der Waals surface area (Å²) in [7, 11) is 0. The summed E-state index contributed by atoms with van der Waals surface area (Å²) < 4.78 is 15.4. The number of aliphatic hydroxyl groups is 1. The number of aromatic nitrogens is 3. The highest BCUT2D eigenvalue weighted by atomic mass is 16.6. The zero-order valence-corrected chi connectivity index (χ0v) is 22.7. The summed E-state index contributed by atoms with van der Waals surface area (Å²) in [4.78, 5) is 39.6. The first kappa shape index (κ1) is 24.8. The number of pyridine rings is 1. The molecule has 1 aliphatic heterocycles. The van der Waals surface area contributed by atoms with E-state index in [9.17, 15) is 14.7 Å². The number of rotatable bonds is 4. The summed E-state index contributed by atoms with van der Waals surface area (Å²) in [6.45, 7) is 4.65. The monoisotopic (exact) mass is 540 g/mol. The Balaban J connectivity index is 1.40. The lowest BCUT2D eigenvalue weighted by Gasteiger charge is -2.38. The summed E-state index contributed by atoms with van der Waals surface area (Å²) >= 11 is 0. The Morgan fingerprint density at radius 3 is 2.67 bits per heavy atom. The van der Waals surface area contributed by atoms with Gasteiger partial charge in [0.25, 0.3) is 5.56 Å². The van der Waals surface area contributed by atoms with Gasteiger partial charge < -0.3 is 14.7 Å². The smallest absolute Gasteiger partial charge is 0.414 e. The average molecular weight is 541 g/mol. The van der Waals surface area contributed by atoms with Crippen LogP contribution in [0.3, 0.4) is 0 Å². The molecule has 2 aliphatic rings. The lowest BCUT2D eigenvalue weighted by molar-refractivity contribution is 0.01000. The van der Waals surface area contributed by atoms with Crippen LogP contribution in [0.1, 0.15) is 51.1 Å². The average Bonchev–Trinajstić information content (AvgIpc) is 2.96. The second kappa shape index (κ2) is 10.4. The van der Waals surface area contributed by atoms with Crippen molar-refractivity contribution in [3.8, 4) is 0 Å². The molecule has 0 saturated heterocycles. The van der Waals surface area contributed by atoms with Gasteiger partial charge in [0, 0.05) is 30.7 Å². The highest BCUT2D eigenvalue weighted by Gasteiger charge is 2.34. The predicted octanol–water partition coefficient (Wildman–Crippen LogP) is 5.26. The van der Waals surface area contributed by atoms with E-state index in [-0.39, 0.29) is 24.5 Å². The number of nitrogens with zero attached hydrogens (tertiary/aromatic N) is 5. The normalized spacial score (nSPS) is 21.2. The van der Waals surface area contributed by atoms with Gasteiger partial charge in [-0.25, -0.2) is 14.8 Å². The fourth-order valence-corrected chi connectivity index (χ4v) is 5.91. The van der Waals surface area contributed by atoms with Gasteiger partial charge in [0.2, 0.25) is 0 Å². The number of ether oxygens (including phenoxy) is 1. The minimum Gasteiger partial charge on any atom is -0.444 e. The summed E-state index contributed by atoms with van der Waals surface area (Å²) in [6, 6.07) is 16.9.